The molecule has 1 aromatic heterocycles. The molecular weight excluding hydrogens is 571 g/mol. The van der Waals surface area contributed by atoms with E-state index < -0.39 is 35.6 Å². The Kier molecular flexibility index (Phi) is 11.1. The summed E-state index contributed by atoms with van der Waals surface area (Å²) in [6, 6.07) is 8.24. The summed E-state index contributed by atoms with van der Waals surface area (Å²) in [6.07, 6.45) is -0.755. The fraction of sp³-hybridized carbons (Fsp3) is 0.483. The third kappa shape index (κ3) is 9.58. The molecule has 0 aliphatic heterocycles. The largest absolute Gasteiger partial charge is 0.490 e. The van der Waals surface area contributed by atoms with Crippen LogP contribution in [-0.2, 0) is 27.0 Å². The first-order chi connectivity index (χ1) is 19.8. The van der Waals surface area contributed by atoms with Gasteiger partial charge in [-0.3, -0.25) is 14.6 Å². The number of carbonyl (C=O) groups is 3. The van der Waals surface area contributed by atoms with Gasteiger partial charge in [-0.1, -0.05) is 45.9 Å². The van der Waals surface area contributed by atoms with E-state index in [1.54, 1.807) is 12.3 Å². The first-order valence-corrected chi connectivity index (χ1v) is 13.5. The lowest BCUT2D eigenvalue weighted by atomic mass is 9.63. The van der Waals surface area contributed by atoms with Crippen LogP contribution in [0.5, 0.6) is 0 Å². The van der Waals surface area contributed by atoms with Crippen LogP contribution in [0.4, 0.5) is 13.2 Å². The van der Waals surface area contributed by atoms with E-state index in [9.17, 15) is 32.7 Å². The summed E-state index contributed by atoms with van der Waals surface area (Å²) in [5.41, 5.74) is 13.7. The van der Waals surface area contributed by atoms with Crippen molar-refractivity contribution in [3.05, 3.63) is 69.1 Å². The molecule has 1 amide bonds. The van der Waals surface area contributed by atoms with Gasteiger partial charge < -0.3 is 31.6 Å². The van der Waals surface area contributed by atoms with E-state index in [-0.39, 0.29) is 35.3 Å². The maximum absolute atomic E-state index is 13.1. The summed E-state index contributed by atoms with van der Waals surface area (Å²) < 4.78 is 33.2. The lowest BCUT2D eigenvalue weighted by Gasteiger charge is -2.42. The van der Waals surface area contributed by atoms with Crippen LogP contribution in [0.25, 0.3) is 0 Å². The van der Waals surface area contributed by atoms with Crippen LogP contribution >= 0.6 is 0 Å². The number of alkyl halides is 3. The van der Waals surface area contributed by atoms with Gasteiger partial charge in [-0.25, -0.2) is 9.59 Å². The second-order valence-corrected chi connectivity index (χ2v) is 11.6. The van der Waals surface area contributed by atoms with Crippen LogP contribution in [0, 0.1) is 0 Å². The van der Waals surface area contributed by atoms with E-state index in [0.717, 1.165) is 18.4 Å². The minimum absolute atomic E-state index is 0.0423. The maximum Gasteiger partial charge on any atom is 0.490 e. The highest BCUT2D eigenvalue weighted by Crippen LogP contribution is 2.45. The predicted molar refractivity (Wildman–Crippen MR) is 154 cm³/mol. The standard InChI is InChI=1S/C27H37N5O4.C2HF3O2/c1-26(2)11-12-27(3,4)20-15-17(9-10-19(20)26)16-32-14-6-7-18(23(32)34)22(33)31-21(24(35)36)8-5-13-30-25(28)29;3-2(4,5)1(6)7/h6-7,9-10,14-15,21H,5,8,11-13,16H2,1-4H3,(H,31,33)(H,35,36)(H4,28,29,30);(H,6,7)/t21-;/m0./s1. The Morgan fingerprint density at radius 1 is 1.05 bits per heavy atom. The fourth-order valence-electron chi connectivity index (χ4n) is 4.76. The number of carbonyl (C=O) groups excluding carboxylic acids is 1. The van der Waals surface area contributed by atoms with Crippen molar-refractivity contribution in [2.24, 2.45) is 16.5 Å². The number of amides is 1. The van der Waals surface area contributed by atoms with E-state index in [0.29, 0.717) is 13.0 Å². The zero-order valence-corrected chi connectivity index (χ0v) is 24.5. The van der Waals surface area contributed by atoms with Crippen LogP contribution in [-0.4, -0.2) is 57.3 Å². The van der Waals surface area contributed by atoms with Crippen LogP contribution < -0.4 is 22.3 Å². The second kappa shape index (κ2) is 13.7. The number of guanidine groups is 1. The molecule has 0 fully saturated rings. The lowest BCUT2D eigenvalue weighted by molar-refractivity contribution is -0.192. The molecule has 14 heteroatoms. The number of halogens is 3. The molecule has 0 saturated heterocycles. The number of benzene rings is 1. The monoisotopic (exact) mass is 609 g/mol. The third-order valence-corrected chi connectivity index (χ3v) is 7.33. The van der Waals surface area contributed by atoms with E-state index in [4.69, 9.17) is 21.4 Å². The number of hydrogen-bond acceptors (Lipinski definition) is 5. The van der Waals surface area contributed by atoms with Crippen molar-refractivity contribution in [1.29, 1.82) is 0 Å². The number of pyridine rings is 1. The number of carboxylic acids is 2. The summed E-state index contributed by atoms with van der Waals surface area (Å²) in [5.74, 6) is -4.75. The molecule has 1 heterocycles. The van der Waals surface area contributed by atoms with Gasteiger partial charge in [0.15, 0.2) is 5.96 Å². The molecule has 0 saturated carbocycles. The molecule has 43 heavy (non-hydrogen) atoms. The zero-order chi connectivity index (χ0) is 32.8. The topological polar surface area (TPSA) is 190 Å². The quantitative estimate of drug-likeness (QED) is 0.163. The van der Waals surface area contributed by atoms with Crippen molar-refractivity contribution in [2.75, 3.05) is 6.54 Å². The Balaban J connectivity index is 0.000000821. The second-order valence-electron chi connectivity index (χ2n) is 11.6. The number of aliphatic carboxylic acids is 2. The highest BCUT2D eigenvalue weighted by Gasteiger charge is 2.38. The molecule has 7 N–H and O–H groups in total. The summed E-state index contributed by atoms with van der Waals surface area (Å²) in [4.78, 5) is 50.3. The summed E-state index contributed by atoms with van der Waals surface area (Å²) in [7, 11) is 0. The molecule has 1 aliphatic rings. The van der Waals surface area contributed by atoms with Gasteiger partial charge in [-0.15, -0.1) is 0 Å². The van der Waals surface area contributed by atoms with Gasteiger partial charge in [0.2, 0.25) is 0 Å². The van der Waals surface area contributed by atoms with Crippen molar-refractivity contribution in [2.45, 2.75) is 83.0 Å². The molecule has 236 valence electrons. The highest BCUT2D eigenvalue weighted by molar-refractivity contribution is 5.96. The number of fused-ring (bicyclic) bond motifs is 1. The Morgan fingerprint density at radius 2 is 1.63 bits per heavy atom. The number of aromatic nitrogens is 1. The first kappa shape index (κ1) is 34.8. The van der Waals surface area contributed by atoms with Gasteiger partial charge >= 0.3 is 18.1 Å². The summed E-state index contributed by atoms with van der Waals surface area (Å²) in [5, 5.41) is 19.1. The van der Waals surface area contributed by atoms with Crippen molar-refractivity contribution in [3.8, 4) is 0 Å². The van der Waals surface area contributed by atoms with Gasteiger partial charge in [-0.05, 0) is 65.3 Å². The maximum atomic E-state index is 13.1. The average molecular weight is 610 g/mol. The minimum atomic E-state index is -5.08. The van der Waals surface area contributed by atoms with E-state index >= 15 is 0 Å². The van der Waals surface area contributed by atoms with Crippen molar-refractivity contribution >= 4 is 23.8 Å². The zero-order valence-electron chi connectivity index (χ0n) is 24.5. The van der Waals surface area contributed by atoms with Gasteiger partial charge in [0.25, 0.3) is 11.5 Å². The van der Waals surface area contributed by atoms with Crippen LogP contribution in [0.1, 0.15) is 80.4 Å². The number of hydrogen-bond donors (Lipinski definition) is 5. The lowest BCUT2D eigenvalue weighted by Crippen LogP contribution is -2.43. The molecule has 3 rings (SSSR count). The molecule has 0 bridgehead atoms. The molecule has 0 radical (unpaired) electrons. The van der Waals surface area contributed by atoms with Gasteiger partial charge in [0.1, 0.15) is 11.6 Å². The first-order valence-electron chi connectivity index (χ1n) is 13.5. The number of rotatable bonds is 9. The number of nitrogens with zero attached hydrogens (tertiary/aromatic N) is 2. The highest BCUT2D eigenvalue weighted by atomic mass is 19.4. The van der Waals surface area contributed by atoms with Crippen molar-refractivity contribution < 1.29 is 37.8 Å². The molecule has 0 unspecified atom stereocenters. The van der Waals surface area contributed by atoms with Crippen LogP contribution in [0.15, 0.2) is 46.3 Å². The van der Waals surface area contributed by atoms with Crippen LogP contribution in [0.3, 0.4) is 0 Å². The number of nitrogens with one attached hydrogen (secondary N) is 1. The normalized spacial score (nSPS) is 15.6. The van der Waals surface area contributed by atoms with E-state index in [1.165, 1.54) is 21.8 Å². The average Bonchev–Trinajstić information content (AvgIpc) is 2.89. The summed E-state index contributed by atoms with van der Waals surface area (Å²) in [6.45, 7) is 9.58. The molecular formula is C29H38F3N5O6. The van der Waals surface area contributed by atoms with Gasteiger partial charge in [-0.2, -0.15) is 13.2 Å². The van der Waals surface area contributed by atoms with E-state index in [2.05, 4.69) is 50.1 Å². The predicted octanol–water partition coefficient (Wildman–Crippen LogP) is 3.12. The minimum Gasteiger partial charge on any atom is -0.480 e. The smallest absolute Gasteiger partial charge is 0.480 e. The fourth-order valence-corrected chi connectivity index (χ4v) is 4.76. The Morgan fingerprint density at radius 3 is 2.16 bits per heavy atom. The van der Waals surface area contributed by atoms with Crippen molar-refractivity contribution in [1.82, 2.24) is 9.88 Å². The molecule has 11 nitrogen and oxygen atoms in total. The molecule has 1 aromatic carbocycles. The Labute approximate surface area is 246 Å². The Hall–Kier alpha value is -4.36. The van der Waals surface area contributed by atoms with Gasteiger partial charge in [0.05, 0.1) is 6.54 Å². The third-order valence-electron chi connectivity index (χ3n) is 7.33. The molecule has 1 atom stereocenters. The summed E-state index contributed by atoms with van der Waals surface area (Å²) >= 11 is 0. The number of nitrogens with two attached hydrogens (primary N) is 2. The van der Waals surface area contributed by atoms with Crippen molar-refractivity contribution in [3.63, 3.8) is 0 Å². The van der Waals surface area contributed by atoms with E-state index in [1.807, 2.05) is 6.07 Å². The Bertz CT molecular complexity index is 1430. The molecule has 1 aliphatic carbocycles. The molecule has 2 aromatic rings. The van der Waals surface area contributed by atoms with Gasteiger partial charge in [0, 0.05) is 12.7 Å². The number of aliphatic imine (C=N–C) groups is 1. The SMILES string of the molecule is CC1(C)CCC(C)(C)c2cc(Cn3cccc(C(=O)N[C@@H](CCCN=C(N)N)C(=O)O)c3=O)ccc21.O=C(O)C(F)(F)F. The molecule has 0 spiro atoms. The van der Waals surface area contributed by atoms with Crippen LogP contribution in [0.2, 0.25) is 0 Å². The number of carboxylic acid groups (broad SMARTS) is 2.